The molecule has 0 aliphatic rings. The molecule has 1 atom stereocenters. The van der Waals surface area contributed by atoms with Crippen molar-refractivity contribution in [3.8, 4) is 0 Å². The number of methoxy groups -OCH3 is 1. The van der Waals surface area contributed by atoms with Gasteiger partial charge >= 0.3 is 0 Å². The van der Waals surface area contributed by atoms with Gasteiger partial charge in [-0.25, -0.2) is 0 Å². The van der Waals surface area contributed by atoms with Crippen LogP contribution in [0.1, 0.15) is 0 Å². The van der Waals surface area contributed by atoms with Gasteiger partial charge in [-0.1, -0.05) is 0 Å². The van der Waals surface area contributed by atoms with E-state index in [1.807, 2.05) is 0 Å². The van der Waals surface area contributed by atoms with Crippen molar-refractivity contribution in [3.63, 3.8) is 0 Å². The second-order valence-corrected chi connectivity index (χ2v) is 3.33. The van der Waals surface area contributed by atoms with Gasteiger partial charge in [0.1, 0.15) is 0 Å². The Morgan fingerprint density at radius 3 is 1.67 bits per heavy atom. The summed E-state index contributed by atoms with van der Waals surface area (Å²) in [6.07, 6.45) is -0.882. The minimum atomic E-state index is -0.882. The number of hydrogen-bond acceptors (Lipinski definition) is 7. The predicted octanol–water partition coefficient (Wildman–Crippen LogP) is -0.990. The molecule has 18 heavy (non-hydrogen) atoms. The fourth-order valence-electron chi connectivity index (χ4n) is 0.976. The second kappa shape index (κ2) is 14.8. The molecule has 0 saturated carbocycles. The van der Waals surface area contributed by atoms with E-state index in [9.17, 15) is 0 Å². The third kappa shape index (κ3) is 13.8. The van der Waals surface area contributed by atoms with E-state index in [-0.39, 0.29) is 13.2 Å². The molecule has 0 bridgehead atoms. The lowest BCUT2D eigenvalue weighted by Crippen LogP contribution is -2.19. The lowest BCUT2D eigenvalue weighted by molar-refractivity contribution is -0.123. The SMILES string of the molecule is COC(O)COCCOCCOCCOCCO. The largest absolute Gasteiger partial charge is 0.394 e. The molecule has 0 spiro atoms. The molecule has 0 rings (SSSR count). The summed E-state index contributed by atoms with van der Waals surface area (Å²) in [5.41, 5.74) is 0. The zero-order chi connectivity index (χ0) is 13.5. The quantitative estimate of drug-likeness (QED) is 0.309. The molecule has 0 amide bonds. The number of hydrogen-bond donors (Lipinski definition) is 2. The van der Waals surface area contributed by atoms with E-state index < -0.39 is 6.29 Å². The minimum Gasteiger partial charge on any atom is -0.394 e. The monoisotopic (exact) mass is 268 g/mol. The second-order valence-electron chi connectivity index (χ2n) is 3.33. The van der Waals surface area contributed by atoms with Crippen LogP contribution in [0, 0.1) is 0 Å². The zero-order valence-corrected chi connectivity index (χ0v) is 10.9. The molecule has 0 radical (unpaired) electrons. The molecule has 0 aromatic carbocycles. The van der Waals surface area contributed by atoms with Crippen LogP contribution in [0.5, 0.6) is 0 Å². The normalized spacial score (nSPS) is 12.8. The van der Waals surface area contributed by atoms with Gasteiger partial charge in [-0.05, 0) is 0 Å². The molecule has 0 aliphatic carbocycles. The Hall–Kier alpha value is -0.280. The molecule has 2 N–H and O–H groups in total. The Balaban J connectivity index is 2.94. The van der Waals surface area contributed by atoms with E-state index >= 15 is 0 Å². The standard InChI is InChI=1S/C11H24O7/c1-14-11(13)10-18-9-8-17-7-6-16-5-4-15-3-2-12/h11-13H,2-10H2,1H3. The van der Waals surface area contributed by atoms with Crippen molar-refractivity contribution >= 4 is 0 Å². The summed E-state index contributed by atoms with van der Waals surface area (Å²) < 4.78 is 25.1. The molecule has 0 aromatic rings. The average molecular weight is 268 g/mol. The first-order valence-electron chi connectivity index (χ1n) is 5.94. The van der Waals surface area contributed by atoms with Gasteiger partial charge < -0.3 is 33.9 Å². The van der Waals surface area contributed by atoms with Crippen molar-refractivity contribution in [2.45, 2.75) is 6.29 Å². The van der Waals surface area contributed by atoms with Crippen LogP contribution < -0.4 is 0 Å². The first kappa shape index (κ1) is 17.7. The van der Waals surface area contributed by atoms with E-state index in [1.54, 1.807) is 0 Å². The van der Waals surface area contributed by atoms with Crippen molar-refractivity contribution in [2.24, 2.45) is 0 Å². The first-order chi connectivity index (χ1) is 8.81. The van der Waals surface area contributed by atoms with Crippen molar-refractivity contribution < 1.29 is 33.9 Å². The van der Waals surface area contributed by atoms with Gasteiger partial charge in [0.15, 0.2) is 6.29 Å². The summed E-state index contributed by atoms with van der Waals surface area (Å²) in [7, 11) is 1.41. The maximum absolute atomic E-state index is 8.98. The molecule has 7 heteroatoms. The van der Waals surface area contributed by atoms with E-state index in [0.717, 1.165) is 0 Å². The summed E-state index contributed by atoms with van der Waals surface area (Å²) >= 11 is 0. The van der Waals surface area contributed by atoms with Crippen molar-refractivity contribution in [3.05, 3.63) is 0 Å². The highest BCUT2D eigenvalue weighted by Crippen LogP contribution is 1.86. The molecular weight excluding hydrogens is 244 g/mol. The van der Waals surface area contributed by atoms with Crippen LogP contribution in [0.3, 0.4) is 0 Å². The Morgan fingerprint density at radius 1 is 0.778 bits per heavy atom. The molecule has 0 heterocycles. The van der Waals surface area contributed by atoms with Crippen LogP contribution in [-0.4, -0.2) is 83.1 Å². The Bertz CT molecular complexity index is 156. The van der Waals surface area contributed by atoms with E-state index in [1.165, 1.54) is 7.11 Å². The highest BCUT2D eigenvalue weighted by Gasteiger charge is 1.99. The average Bonchev–Trinajstić information content (AvgIpc) is 2.39. The topological polar surface area (TPSA) is 86.6 Å². The highest BCUT2D eigenvalue weighted by atomic mass is 16.6. The molecule has 0 aliphatic heterocycles. The zero-order valence-electron chi connectivity index (χ0n) is 10.9. The van der Waals surface area contributed by atoms with Crippen LogP contribution in [0.2, 0.25) is 0 Å². The highest BCUT2D eigenvalue weighted by molar-refractivity contribution is 4.37. The Labute approximate surface area is 108 Å². The summed E-state index contributed by atoms with van der Waals surface area (Å²) in [6, 6.07) is 0. The summed E-state index contributed by atoms with van der Waals surface area (Å²) in [4.78, 5) is 0. The molecule has 0 fully saturated rings. The van der Waals surface area contributed by atoms with Gasteiger partial charge in [-0.3, -0.25) is 0 Å². The predicted molar refractivity (Wildman–Crippen MR) is 63.4 cm³/mol. The van der Waals surface area contributed by atoms with Crippen molar-refractivity contribution in [1.29, 1.82) is 0 Å². The van der Waals surface area contributed by atoms with Crippen LogP contribution in [0.15, 0.2) is 0 Å². The van der Waals surface area contributed by atoms with Gasteiger partial charge in [0.25, 0.3) is 0 Å². The molecule has 1 unspecified atom stereocenters. The number of ether oxygens (including phenoxy) is 5. The summed E-state index contributed by atoms with van der Waals surface area (Å²) in [5, 5.41) is 17.4. The Kier molecular flexibility index (Phi) is 14.5. The fraction of sp³-hybridized carbons (Fsp3) is 1.00. The van der Waals surface area contributed by atoms with Crippen LogP contribution in [0.4, 0.5) is 0 Å². The van der Waals surface area contributed by atoms with Crippen LogP contribution in [-0.2, 0) is 23.7 Å². The minimum absolute atomic E-state index is 0.0287. The molecule has 0 saturated heterocycles. The van der Waals surface area contributed by atoms with Gasteiger partial charge in [0.2, 0.25) is 0 Å². The summed E-state index contributed by atoms with van der Waals surface area (Å²) in [5.74, 6) is 0. The maximum atomic E-state index is 8.98. The lowest BCUT2D eigenvalue weighted by Gasteiger charge is -2.09. The molecule has 0 aromatic heterocycles. The maximum Gasteiger partial charge on any atom is 0.177 e. The smallest absolute Gasteiger partial charge is 0.177 e. The molecule has 7 nitrogen and oxygen atoms in total. The van der Waals surface area contributed by atoms with Crippen LogP contribution >= 0.6 is 0 Å². The Morgan fingerprint density at radius 2 is 1.22 bits per heavy atom. The third-order valence-electron chi connectivity index (χ3n) is 1.88. The number of aliphatic hydroxyl groups excluding tert-OH is 2. The first-order valence-corrected chi connectivity index (χ1v) is 5.94. The third-order valence-corrected chi connectivity index (χ3v) is 1.88. The van der Waals surface area contributed by atoms with Gasteiger partial charge in [0, 0.05) is 7.11 Å². The van der Waals surface area contributed by atoms with Crippen molar-refractivity contribution in [2.75, 3.05) is 66.6 Å². The lowest BCUT2D eigenvalue weighted by atomic mass is 10.6. The van der Waals surface area contributed by atoms with Crippen LogP contribution in [0.25, 0.3) is 0 Å². The van der Waals surface area contributed by atoms with Gasteiger partial charge in [-0.2, -0.15) is 0 Å². The van der Waals surface area contributed by atoms with E-state index in [2.05, 4.69) is 4.74 Å². The number of rotatable bonds is 14. The van der Waals surface area contributed by atoms with Gasteiger partial charge in [-0.15, -0.1) is 0 Å². The van der Waals surface area contributed by atoms with E-state index in [4.69, 9.17) is 29.2 Å². The molecule has 110 valence electrons. The van der Waals surface area contributed by atoms with Gasteiger partial charge in [0.05, 0.1) is 59.5 Å². The van der Waals surface area contributed by atoms with Crippen molar-refractivity contribution in [1.82, 2.24) is 0 Å². The fourth-order valence-corrected chi connectivity index (χ4v) is 0.976. The van der Waals surface area contributed by atoms with E-state index in [0.29, 0.717) is 46.2 Å². The summed E-state index contributed by atoms with van der Waals surface area (Å²) in [6.45, 7) is 3.28. The molecular formula is C11H24O7. The number of aliphatic hydroxyl groups is 2.